The van der Waals surface area contributed by atoms with Gasteiger partial charge in [-0.3, -0.25) is 6.08 Å². The summed E-state index contributed by atoms with van der Waals surface area (Å²) in [4.78, 5) is 0. The molecular formula is C14H13Li. The fourth-order valence-electron chi connectivity index (χ4n) is 1.48. The van der Waals surface area contributed by atoms with Crippen LogP contribution in [0.2, 0.25) is 0 Å². The molecule has 1 aliphatic rings. The van der Waals surface area contributed by atoms with Crippen molar-refractivity contribution in [1.29, 1.82) is 0 Å². The normalized spacial score (nSPS) is 14.0. The van der Waals surface area contributed by atoms with Gasteiger partial charge in [-0.15, -0.1) is 6.42 Å². The molecule has 0 atom stereocenters. The Balaban J connectivity index is 0.00000112. The first kappa shape index (κ1) is 12.1. The van der Waals surface area contributed by atoms with Gasteiger partial charge in [-0.25, -0.2) is 11.6 Å². The van der Waals surface area contributed by atoms with Crippen LogP contribution in [0.4, 0.5) is 0 Å². The first-order chi connectivity index (χ1) is 6.95. The van der Waals surface area contributed by atoms with Crippen molar-refractivity contribution in [3.63, 3.8) is 0 Å². The Bertz CT molecular complexity index is 372. The van der Waals surface area contributed by atoms with Crippen LogP contribution in [0.5, 0.6) is 0 Å². The van der Waals surface area contributed by atoms with Crippen molar-refractivity contribution in [2.75, 3.05) is 0 Å². The Kier molecular flexibility index (Phi) is 5.25. The van der Waals surface area contributed by atoms with E-state index in [-0.39, 0.29) is 18.9 Å². The minimum Gasteiger partial charge on any atom is -0.269 e. The van der Waals surface area contributed by atoms with Gasteiger partial charge in [0.25, 0.3) is 0 Å². The molecule has 0 saturated heterocycles. The molecule has 0 amide bonds. The van der Waals surface area contributed by atoms with Crippen LogP contribution in [0.15, 0.2) is 54.1 Å². The van der Waals surface area contributed by atoms with Crippen molar-refractivity contribution in [2.24, 2.45) is 0 Å². The van der Waals surface area contributed by atoms with Crippen LogP contribution in [-0.2, 0) is 0 Å². The van der Waals surface area contributed by atoms with E-state index in [0.717, 1.165) is 12.8 Å². The summed E-state index contributed by atoms with van der Waals surface area (Å²) < 4.78 is 0. The Labute approximate surface area is 104 Å². The van der Waals surface area contributed by atoms with Crippen LogP contribution in [0.3, 0.4) is 0 Å². The molecule has 2 rings (SSSR count). The van der Waals surface area contributed by atoms with Gasteiger partial charge >= 0.3 is 18.9 Å². The van der Waals surface area contributed by atoms with Gasteiger partial charge in [0.15, 0.2) is 0 Å². The van der Waals surface area contributed by atoms with Gasteiger partial charge in [-0.05, 0) is 12.0 Å². The molecule has 1 heteroatoms. The maximum atomic E-state index is 3.30. The van der Waals surface area contributed by atoms with Crippen molar-refractivity contribution in [3.8, 4) is 0 Å². The number of hydrogen-bond donors (Lipinski definition) is 0. The van der Waals surface area contributed by atoms with Crippen LogP contribution < -0.4 is 18.9 Å². The van der Waals surface area contributed by atoms with Crippen molar-refractivity contribution >= 4 is 6.08 Å². The summed E-state index contributed by atoms with van der Waals surface area (Å²) in [6.07, 6.45) is 13.9. The third-order valence-electron chi connectivity index (χ3n) is 2.21. The summed E-state index contributed by atoms with van der Waals surface area (Å²) in [5.74, 6) is 0. The molecule has 15 heavy (non-hydrogen) atoms. The summed E-state index contributed by atoms with van der Waals surface area (Å²) in [5.41, 5.74) is 2.56. The summed E-state index contributed by atoms with van der Waals surface area (Å²) in [6.45, 7) is 0. The second-order valence-electron chi connectivity index (χ2n) is 3.33. The molecule has 1 aliphatic carbocycles. The third kappa shape index (κ3) is 3.96. The molecule has 1 aromatic carbocycles. The molecule has 0 bridgehead atoms. The van der Waals surface area contributed by atoms with Crippen LogP contribution in [-0.4, -0.2) is 0 Å². The van der Waals surface area contributed by atoms with Crippen molar-refractivity contribution < 1.29 is 18.9 Å². The number of rotatable bonds is 3. The van der Waals surface area contributed by atoms with E-state index in [9.17, 15) is 0 Å². The summed E-state index contributed by atoms with van der Waals surface area (Å²) in [6, 6.07) is 10.4. The van der Waals surface area contributed by atoms with Gasteiger partial charge in [-0.1, -0.05) is 42.5 Å². The Morgan fingerprint density at radius 3 is 2.67 bits per heavy atom. The standard InChI is InChI=1S/C14H13.Li/c1-2-7-13(8-3-1)11-6-12-14-9-4-5-10-14;/h1-4,6-9,11H,5,12H2;/q-1;+1/b11-6+;. The van der Waals surface area contributed by atoms with E-state index in [1.807, 2.05) is 6.07 Å². The predicted molar refractivity (Wildman–Crippen MR) is 60.6 cm³/mol. The van der Waals surface area contributed by atoms with E-state index in [1.165, 1.54) is 11.1 Å². The van der Waals surface area contributed by atoms with Crippen molar-refractivity contribution in [3.05, 3.63) is 65.8 Å². The largest absolute Gasteiger partial charge is 1.00 e. The van der Waals surface area contributed by atoms with Crippen LogP contribution in [0.25, 0.3) is 6.08 Å². The molecule has 0 spiro atoms. The molecule has 0 unspecified atom stereocenters. The molecule has 70 valence electrons. The zero-order chi connectivity index (χ0) is 9.64. The number of benzene rings is 1. The molecule has 0 saturated carbocycles. The zero-order valence-corrected chi connectivity index (χ0v) is 9.11. The molecule has 1 aromatic rings. The first-order valence-corrected chi connectivity index (χ1v) is 4.93. The van der Waals surface area contributed by atoms with Gasteiger partial charge in [0.05, 0.1) is 0 Å². The van der Waals surface area contributed by atoms with E-state index in [0.29, 0.717) is 0 Å². The van der Waals surface area contributed by atoms with Gasteiger partial charge < -0.3 is 0 Å². The second-order valence-corrected chi connectivity index (χ2v) is 3.33. The van der Waals surface area contributed by atoms with E-state index < -0.39 is 0 Å². The molecular weight excluding hydrogens is 175 g/mol. The monoisotopic (exact) mass is 188 g/mol. The fraction of sp³-hybridized carbons (Fsp3) is 0.143. The summed E-state index contributed by atoms with van der Waals surface area (Å²) in [5, 5.41) is 0. The first-order valence-electron chi connectivity index (χ1n) is 4.93. The average Bonchev–Trinajstić information content (AvgIpc) is 2.72. The molecule has 0 heterocycles. The van der Waals surface area contributed by atoms with Crippen LogP contribution in [0.1, 0.15) is 18.4 Å². The molecule has 0 aliphatic heterocycles. The van der Waals surface area contributed by atoms with Crippen molar-refractivity contribution in [2.45, 2.75) is 12.8 Å². The number of allylic oxidation sites excluding steroid dienone is 5. The maximum absolute atomic E-state index is 3.30. The van der Waals surface area contributed by atoms with Gasteiger partial charge in [0.1, 0.15) is 0 Å². The quantitative estimate of drug-likeness (QED) is 0.486. The SMILES string of the molecule is [C-]1=C(C/C=C/c2ccccc2)C=CC1.[Li+]. The Morgan fingerprint density at radius 2 is 2.00 bits per heavy atom. The van der Waals surface area contributed by atoms with Gasteiger partial charge in [-0.2, -0.15) is 6.08 Å². The Hall–Kier alpha value is -0.963. The fourth-order valence-corrected chi connectivity index (χ4v) is 1.48. The Morgan fingerprint density at radius 1 is 1.20 bits per heavy atom. The topological polar surface area (TPSA) is 0 Å². The van der Waals surface area contributed by atoms with E-state index in [2.05, 4.69) is 54.6 Å². The molecule has 0 radical (unpaired) electrons. The van der Waals surface area contributed by atoms with Crippen LogP contribution in [0, 0.1) is 6.08 Å². The molecule has 0 aromatic heterocycles. The third-order valence-corrected chi connectivity index (χ3v) is 2.21. The van der Waals surface area contributed by atoms with E-state index >= 15 is 0 Å². The molecule has 0 fully saturated rings. The molecule has 0 N–H and O–H groups in total. The van der Waals surface area contributed by atoms with E-state index in [4.69, 9.17) is 0 Å². The predicted octanol–water partition coefficient (Wildman–Crippen LogP) is 0.783. The minimum absolute atomic E-state index is 0. The van der Waals surface area contributed by atoms with Gasteiger partial charge in [0, 0.05) is 0 Å². The number of hydrogen-bond acceptors (Lipinski definition) is 0. The smallest absolute Gasteiger partial charge is 0.269 e. The van der Waals surface area contributed by atoms with Crippen LogP contribution >= 0.6 is 0 Å². The van der Waals surface area contributed by atoms with Gasteiger partial charge in [0.2, 0.25) is 0 Å². The second kappa shape index (κ2) is 6.51. The molecule has 0 nitrogen and oxygen atoms in total. The zero-order valence-electron chi connectivity index (χ0n) is 9.11. The summed E-state index contributed by atoms with van der Waals surface area (Å²) >= 11 is 0. The van der Waals surface area contributed by atoms with Crippen molar-refractivity contribution in [1.82, 2.24) is 0 Å². The average molecular weight is 188 g/mol. The minimum atomic E-state index is 0. The maximum Gasteiger partial charge on any atom is 1.00 e. The van der Waals surface area contributed by atoms with E-state index in [1.54, 1.807) is 0 Å². The summed E-state index contributed by atoms with van der Waals surface area (Å²) in [7, 11) is 0.